The lowest BCUT2D eigenvalue weighted by Gasteiger charge is -2.45. The molecule has 1 saturated carbocycles. The highest BCUT2D eigenvalue weighted by Crippen LogP contribution is 2.53. The molecule has 9 N–H and O–H groups in total. The third-order valence-corrected chi connectivity index (χ3v) is 13.9. The Bertz CT molecular complexity index is 1770. The summed E-state index contributed by atoms with van der Waals surface area (Å²) in [6.45, 7) is 2.70. The van der Waals surface area contributed by atoms with Crippen molar-refractivity contribution in [2.45, 2.75) is 224 Å². The summed E-state index contributed by atoms with van der Waals surface area (Å²) in [5, 5.41) is 21.9. The normalized spacial score (nSPS) is 21.4. The second-order valence-electron chi connectivity index (χ2n) is 18.0. The van der Waals surface area contributed by atoms with Crippen LogP contribution in [0.25, 0.3) is 0 Å². The minimum Gasteiger partial charge on any atom is -0.462 e. The van der Waals surface area contributed by atoms with Gasteiger partial charge in [-0.1, -0.05) is 165 Å². The lowest BCUT2D eigenvalue weighted by Crippen LogP contribution is -2.65. The molecule has 0 saturated heterocycles. The standard InChI is InChI=1S/C47H86O22P4/c1-3-5-7-9-11-13-15-17-19-20-22-24-26-28-30-32-34-36-41(49)65-39(37-63-40(48)35-33-31-29-27-25-23-21-18-16-14-12-10-8-6-4-2)38-64-73(61,62)69-44-42(50)45(66-70(52,53)54)47(68-72(58,59)60)46(43(44)51)67-71(55,56)57/h11,13,17,19,22,24,28,30,39,42-47,50-51H,3-10,12,14-16,18,20-21,23,25-27,29,31-38H2,1-2H3,(H,61,62)(H2,52,53,54)(H2,55,56,57)(H2,58,59,60)/b13-11-,19-17-,24-22-,30-28-/t39?,42-,43-,44?,45-,46+,47?/m0/s1. The SMILES string of the molecule is CCCCC/C=C\C/C=C\C/C=C\C/C=C\CCCC(=O)OC(COC(=O)CCCCCCCCCCCCCCCCC)COP(=O)(O)OC1[C@H](O)[C@H](OP(=O)(O)O)C(OP(=O)(O)O)[C@H](OP(=O)(O)O)[C@H]1O. The second kappa shape index (κ2) is 39.6. The van der Waals surface area contributed by atoms with Gasteiger partial charge in [0.1, 0.15) is 43.2 Å². The zero-order valence-corrected chi connectivity index (χ0v) is 46.2. The summed E-state index contributed by atoms with van der Waals surface area (Å²) in [6.07, 6.45) is 23.2. The van der Waals surface area contributed by atoms with Crippen LogP contribution in [0, 0.1) is 0 Å². The van der Waals surface area contributed by atoms with Gasteiger partial charge < -0.3 is 53.9 Å². The van der Waals surface area contributed by atoms with Gasteiger partial charge in [-0.2, -0.15) is 0 Å². The molecule has 1 fully saturated rings. The minimum atomic E-state index is -5.80. The third kappa shape index (κ3) is 37.6. The van der Waals surface area contributed by atoms with Crippen LogP contribution < -0.4 is 0 Å². The number of rotatable bonds is 44. The van der Waals surface area contributed by atoms with Crippen molar-refractivity contribution in [1.82, 2.24) is 0 Å². The second-order valence-corrected chi connectivity index (χ2v) is 23.0. The maximum absolute atomic E-state index is 13.3. The van der Waals surface area contributed by atoms with Crippen molar-refractivity contribution in [3.8, 4) is 0 Å². The van der Waals surface area contributed by atoms with E-state index in [2.05, 4.69) is 51.7 Å². The van der Waals surface area contributed by atoms with E-state index in [1.54, 1.807) is 0 Å². The summed E-state index contributed by atoms with van der Waals surface area (Å²) in [5.74, 6) is -1.46. The van der Waals surface area contributed by atoms with Crippen molar-refractivity contribution >= 4 is 43.2 Å². The van der Waals surface area contributed by atoms with Crippen molar-refractivity contribution in [2.75, 3.05) is 13.2 Å². The highest BCUT2D eigenvalue weighted by Gasteiger charge is 2.59. The van der Waals surface area contributed by atoms with E-state index in [0.717, 1.165) is 51.4 Å². The van der Waals surface area contributed by atoms with Crippen LogP contribution in [0.4, 0.5) is 0 Å². The average Bonchev–Trinajstić information content (AvgIpc) is 3.30. The van der Waals surface area contributed by atoms with Crippen molar-refractivity contribution in [1.29, 1.82) is 0 Å². The molecule has 8 atom stereocenters. The van der Waals surface area contributed by atoms with E-state index in [4.69, 9.17) is 18.5 Å². The number of esters is 2. The van der Waals surface area contributed by atoms with Gasteiger partial charge in [-0.05, 0) is 51.4 Å². The summed E-state index contributed by atoms with van der Waals surface area (Å²) in [7, 11) is -23.0. The molecule has 0 aromatic carbocycles. The molecule has 0 aromatic heterocycles. The number of hydrogen-bond acceptors (Lipinski definition) is 15. The first-order valence-corrected chi connectivity index (χ1v) is 31.8. The van der Waals surface area contributed by atoms with Crippen LogP contribution >= 0.6 is 31.3 Å². The number of carbonyl (C=O) groups excluding carboxylic acids is 2. The van der Waals surface area contributed by atoms with Crippen LogP contribution in [0.2, 0.25) is 0 Å². The largest absolute Gasteiger partial charge is 0.472 e. The van der Waals surface area contributed by atoms with Gasteiger partial charge in [0, 0.05) is 12.8 Å². The number of ether oxygens (including phenoxy) is 2. The van der Waals surface area contributed by atoms with Gasteiger partial charge >= 0.3 is 43.2 Å². The molecule has 0 amide bonds. The number of unbranched alkanes of at least 4 members (excludes halogenated alkanes) is 18. The fourth-order valence-electron chi connectivity index (χ4n) is 7.66. The molecule has 1 rings (SSSR count). The molecule has 73 heavy (non-hydrogen) atoms. The fourth-order valence-corrected chi connectivity index (χ4v) is 10.3. The average molecular weight is 1130 g/mol. The molecule has 0 heterocycles. The van der Waals surface area contributed by atoms with Crippen molar-refractivity contribution in [2.24, 2.45) is 0 Å². The molecule has 0 aliphatic heterocycles. The maximum atomic E-state index is 13.3. The first-order chi connectivity index (χ1) is 34.5. The highest BCUT2D eigenvalue weighted by atomic mass is 31.2. The maximum Gasteiger partial charge on any atom is 0.472 e. The van der Waals surface area contributed by atoms with Gasteiger partial charge in [-0.3, -0.25) is 32.2 Å². The predicted octanol–water partition coefficient (Wildman–Crippen LogP) is 9.52. The first kappa shape index (κ1) is 69.3. The summed E-state index contributed by atoms with van der Waals surface area (Å²) < 4.78 is 82.2. The number of allylic oxidation sites excluding steroid dienone is 8. The minimum absolute atomic E-state index is 0.0241. The van der Waals surface area contributed by atoms with Crippen molar-refractivity contribution in [3.63, 3.8) is 0 Å². The van der Waals surface area contributed by atoms with Gasteiger partial charge in [0.05, 0.1) is 6.61 Å². The van der Waals surface area contributed by atoms with E-state index >= 15 is 0 Å². The van der Waals surface area contributed by atoms with Crippen LogP contribution in [0.15, 0.2) is 48.6 Å². The van der Waals surface area contributed by atoms with E-state index in [1.807, 2.05) is 24.3 Å². The van der Waals surface area contributed by atoms with E-state index in [0.29, 0.717) is 25.7 Å². The number of phosphoric ester groups is 4. The van der Waals surface area contributed by atoms with Gasteiger partial charge in [0.25, 0.3) is 0 Å². The van der Waals surface area contributed by atoms with E-state index in [1.165, 1.54) is 77.0 Å². The molecule has 0 spiro atoms. The molecule has 22 nitrogen and oxygen atoms in total. The molecule has 0 aromatic rings. The number of phosphoric acid groups is 4. The van der Waals surface area contributed by atoms with Crippen LogP contribution in [-0.2, 0) is 59.9 Å². The first-order valence-electron chi connectivity index (χ1n) is 25.7. The highest BCUT2D eigenvalue weighted by molar-refractivity contribution is 7.47. The summed E-state index contributed by atoms with van der Waals surface area (Å²) >= 11 is 0. The molecular weight excluding hydrogens is 1040 g/mol. The lowest BCUT2D eigenvalue weighted by molar-refractivity contribution is -0.209. The number of carbonyl (C=O) groups is 2. The quantitative estimate of drug-likeness (QED) is 0.0119. The van der Waals surface area contributed by atoms with Crippen LogP contribution in [0.1, 0.15) is 181 Å². The van der Waals surface area contributed by atoms with E-state index in [-0.39, 0.29) is 12.8 Å². The molecule has 4 unspecified atom stereocenters. The molecule has 426 valence electrons. The molecule has 1 aliphatic carbocycles. The van der Waals surface area contributed by atoms with Crippen LogP contribution in [0.5, 0.6) is 0 Å². The van der Waals surface area contributed by atoms with Gasteiger partial charge in [-0.15, -0.1) is 0 Å². The number of aliphatic hydroxyl groups excluding tert-OH is 2. The zero-order valence-electron chi connectivity index (χ0n) is 42.6. The van der Waals surface area contributed by atoms with E-state index < -0.39 is 99.2 Å². The Morgan fingerprint density at radius 1 is 0.438 bits per heavy atom. The Balaban J connectivity index is 2.90. The summed E-state index contributed by atoms with van der Waals surface area (Å²) in [5.41, 5.74) is 0. The molecule has 0 bridgehead atoms. The summed E-state index contributed by atoms with van der Waals surface area (Å²) in [4.78, 5) is 93.0. The Kier molecular flexibility index (Phi) is 37.6. The Morgan fingerprint density at radius 3 is 1.25 bits per heavy atom. The lowest BCUT2D eigenvalue weighted by atomic mass is 9.85. The predicted molar refractivity (Wildman–Crippen MR) is 272 cm³/mol. The van der Waals surface area contributed by atoms with Gasteiger partial charge in [0.15, 0.2) is 6.10 Å². The number of aliphatic hydroxyl groups is 2. The third-order valence-electron chi connectivity index (χ3n) is 11.4. The Morgan fingerprint density at radius 2 is 0.808 bits per heavy atom. The molecular formula is C47H86O22P4. The van der Waals surface area contributed by atoms with Crippen molar-refractivity contribution < 1.29 is 104 Å². The Hall–Kier alpha value is -1.74. The fraction of sp³-hybridized carbons (Fsp3) is 0.787. The monoisotopic (exact) mass is 1130 g/mol. The molecule has 0 radical (unpaired) electrons. The summed E-state index contributed by atoms with van der Waals surface area (Å²) in [6, 6.07) is 0. The van der Waals surface area contributed by atoms with Gasteiger partial charge in [-0.25, -0.2) is 18.3 Å². The zero-order chi connectivity index (χ0) is 54.6. The molecule has 1 aliphatic rings. The Labute approximate surface area is 431 Å². The van der Waals surface area contributed by atoms with Crippen molar-refractivity contribution in [3.05, 3.63) is 48.6 Å². The van der Waals surface area contributed by atoms with Gasteiger partial charge in [0.2, 0.25) is 0 Å². The van der Waals surface area contributed by atoms with E-state index in [9.17, 15) is 72.3 Å². The number of hydrogen-bond donors (Lipinski definition) is 9. The smallest absolute Gasteiger partial charge is 0.462 e. The van der Waals surface area contributed by atoms with Crippen LogP contribution in [-0.4, -0.2) is 112 Å². The topological polar surface area (TPSA) is 349 Å². The molecule has 26 heteroatoms. The van der Waals surface area contributed by atoms with Crippen LogP contribution in [0.3, 0.4) is 0 Å².